The first-order valence-electron chi connectivity index (χ1n) is 3.95. The maximum Gasteiger partial charge on any atom is 0.491 e. The number of nitro groups is 1. The number of H-pyrrole nitrogens is 1. The molecule has 0 fully saturated rings. The topological polar surface area (TPSA) is 123 Å². The van der Waals surface area contributed by atoms with Crippen molar-refractivity contribution in [2.45, 2.75) is 13.2 Å². The number of nitrogens with zero attached hydrogens (tertiary/aromatic N) is 3. The number of rotatable bonds is 4. The number of hydrogen-bond acceptors (Lipinski definition) is 6. The molecule has 0 saturated carbocycles. The zero-order valence-electron chi connectivity index (χ0n) is 8.05. The van der Waals surface area contributed by atoms with Gasteiger partial charge in [-0.1, -0.05) is 0 Å². The highest BCUT2D eigenvalue weighted by Gasteiger charge is 2.21. The summed E-state index contributed by atoms with van der Waals surface area (Å²) in [6.07, 6.45) is -0.512. The molecule has 1 unspecified atom stereocenters. The fraction of sp³-hybridized carbons (Fsp3) is 0.500. The maximum absolute atomic E-state index is 11.3. The Morgan fingerprint density at radius 1 is 1.73 bits per heavy atom. The second-order valence-corrected chi connectivity index (χ2v) is 2.59. The zero-order valence-corrected chi connectivity index (χ0v) is 8.05. The molecule has 0 spiro atoms. The molecule has 0 bridgehead atoms. The first-order chi connectivity index (χ1) is 7.04. The van der Waals surface area contributed by atoms with Crippen LogP contribution >= 0.6 is 0 Å². The van der Waals surface area contributed by atoms with E-state index < -0.39 is 23.0 Å². The van der Waals surface area contributed by atoms with Crippen LogP contribution in [0.15, 0.2) is 0 Å². The van der Waals surface area contributed by atoms with Crippen molar-refractivity contribution in [3.8, 4) is 0 Å². The smallest absolute Gasteiger partial charge is 0.390 e. The minimum Gasteiger partial charge on any atom is -0.390 e. The van der Waals surface area contributed by atoms with E-state index in [1.165, 1.54) is 7.11 Å². The van der Waals surface area contributed by atoms with Gasteiger partial charge in [0, 0.05) is 12.2 Å². The zero-order chi connectivity index (χ0) is 11.4. The van der Waals surface area contributed by atoms with Crippen LogP contribution in [0.3, 0.4) is 0 Å². The molecule has 1 atom stereocenters. The average molecular weight is 215 g/mol. The first-order valence-corrected chi connectivity index (χ1v) is 3.95. The van der Waals surface area contributed by atoms with Crippen molar-refractivity contribution in [1.82, 2.24) is 20.5 Å². The number of carbonyl (C=O) groups is 1. The van der Waals surface area contributed by atoms with E-state index >= 15 is 0 Å². The summed E-state index contributed by atoms with van der Waals surface area (Å²) < 4.78 is 4.77. The van der Waals surface area contributed by atoms with Crippen molar-refractivity contribution in [1.29, 1.82) is 0 Å². The molecule has 9 heteroatoms. The van der Waals surface area contributed by atoms with Crippen LogP contribution in [0, 0.1) is 10.1 Å². The normalized spacial score (nSPS) is 12.1. The molecular weight excluding hydrogens is 206 g/mol. The Kier molecular flexibility index (Phi) is 3.29. The lowest BCUT2D eigenvalue weighted by molar-refractivity contribution is -0.394. The van der Waals surface area contributed by atoms with E-state index in [1.54, 1.807) is 6.92 Å². The molecule has 1 amide bonds. The molecule has 0 aliphatic rings. The van der Waals surface area contributed by atoms with Crippen LogP contribution in [0.5, 0.6) is 0 Å². The van der Waals surface area contributed by atoms with Gasteiger partial charge in [-0.3, -0.25) is 4.79 Å². The monoisotopic (exact) mass is 215 g/mol. The third-order valence-electron chi connectivity index (χ3n) is 1.54. The minimum absolute atomic E-state index is 0.231. The number of amides is 1. The Morgan fingerprint density at radius 2 is 2.40 bits per heavy atom. The maximum atomic E-state index is 11.3. The summed E-state index contributed by atoms with van der Waals surface area (Å²) in [7, 11) is 1.41. The van der Waals surface area contributed by atoms with E-state index in [2.05, 4.69) is 20.5 Å². The molecule has 1 aromatic rings. The predicted octanol–water partition coefficient (Wildman–Crippen LogP) is -0.565. The van der Waals surface area contributed by atoms with Crippen LogP contribution < -0.4 is 5.32 Å². The molecular formula is C6H9N5O4. The van der Waals surface area contributed by atoms with E-state index in [1.807, 2.05) is 0 Å². The number of methoxy groups -OCH3 is 1. The lowest BCUT2D eigenvalue weighted by atomic mass is 10.5. The van der Waals surface area contributed by atoms with Crippen LogP contribution in [0.1, 0.15) is 17.5 Å². The van der Waals surface area contributed by atoms with Crippen molar-refractivity contribution in [3.05, 3.63) is 15.9 Å². The number of hydrogen-bond donors (Lipinski definition) is 2. The van der Waals surface area contributed by atoms with Crippen molar-refractivity contribution in [2.75, 3.05) is 7.11 Å². The Morgan fingerprint density at radius 3 is 2.87 bits per heavy atom. The second kappa shape index (κ2) is 4.46. The van der Waals surface area contributed by atoms with E-state index in [-0.39, 0.29) is 5.82 Å². The number of ether oxygens (including phenoxy) is 1. The number of aromatic nitrogens is 3. The molecule has 15 heavy (non-hydrogen) atoms. The molecule has 82 valence electrons. The van der Waals surface area contributed by atoms with Crippen molar-refractivity contribution in [2.24, 2.45) is 0 Å². The summed E-state index contributed by atoms with van der Waals surface area (Å²) in [5, 5.41) is 18.0. The molecule has 0 aliphatic heterocycles. The van der Waals surface area contributed by atoms with Gasteiger partial charge >= 0.3 is 17.7 Å². The van der Waals surface area contributed by atoms with Gasteiger partial charge in [-0.2, -0.15) is 5.10 Å². The average Bonchev–Trinajstić information content (AvgIpc) is 2.66. The second-order valence-electron chi connectivity index (χ2n) is 2.59. The number of nitrogens with one attached hydrogen (secondary N) is 2. The lowest BCUT2D eigenvalue weighted by Crippen LogP contribution is -2.34. The predicted molar refractivity (Wildman–Crippen MR) is 47.0 cm³/mol. The fourth-order valence-electron chi connectivity index (χ4n) is 0.748. The van der Waals surface area contributed by atoms with Gasteiger partial charge in [-0.15, -0.1) is 0 Å². The quantitative estimate of drug-likeness (QED) is 0.394. The standard InChI is InChI=1S/C6H9N5O4/c1-3(15-2)7-5(12)4-8-6(10-9-4)11(13)14/h3H,1-2H3,(H,7,12)(H,8,9,10). The van der Waals surface area contributed by atoms with Gasteiger partial charge in [0.1, 0.15) is 6.23 Å². The van der Waals surface area contributed by atoms with Crippen LogP contribution in [-0.4, -0.2) is 39.3 Å². The molecule has 1 heterocycles. The van der Waals surface area contributed by atoms with Crippen LogP contribution in [0.2, 0.25) is 0 Å². The largest absolute Gasteiger partial charge is 0.491 e. The minimum atomic E-state index is -0.799. The molecule has 0 aliphatic carbocycles. The molecule has 1 aromatic heterocycles. The Balaban J connectivity index is 2.70. The molecule has 9 nitrogen and oxygen atoms in total. The van der Waals surface area contributed by atoms with Gasteiger partial charge in [-0.25, -0.2) is 0 Å². The Hall–Kier alpha value is -2.03. The Bertz CT molecular complexity index is 375. The summed E-state index contributed by atoms with van der Waals surface area (Å²) in [6, 6.07) is 0. The van der Waals surface area contributed by atoms with Crippen LogP contribution in [0.25, 0.3) is 0 Å². The van der Waals surface area contributed by atoms with Crippen molar-refractivity contribution < 1.29 is 14.5 Å². The summed E-state index contributed by atoms with van der Waals surface area (Å²) in [4.78, 5) is 24.1. The molecule has 0 radical (unpaired) electrons. The first kappa shape index (κ1) is 11.0. The third-order valence-corrected chi connectivity index (χ3v) is 1.54. The summed E-state index contributed by atoms with van der Waals surface area (Å²) in [5.74, 6) is -1.50. The summed E-state index contributed by atoms with van der Waals surface area (Å²) in [5.41, 5.74) is 0. The van der Waals surface area contributed by atoms with Gasteiger partial charge in [-0.05, 0) is 16.8 Å². The van der Waals surface area contributed by atoms with Gasteiger partial charge in [0.2, 0.25) is 0 Å². The molecule has 0 aromatic carbocycles. The summed E-state index contributed by atoms with van der Waals surface area (Å²) in [6.45, 7) is 1.60. The number of aromatic amines is 1. The van der Waals surface area contributed by atoms with Crippen molar-refractivity contribution in [3.63, 3.8) is 0 Å². The van der Waals surface area contributed by atoms with Gasteiger partial charge in [0.15, 0.2) is 0 Å². The van der Waals surface area contributed by atoms with Crippen LogP contribution in [-0.2, 0) is 4.74 Å². The van der Waals surface area contributed by atoms with E-state index in [0.29, 0.717) is 0 Å². The third kappa shape index (κ3) is 2.71. The molecule has 1 rings (SSSR count). The van der Waals surface area contributed by atoms with E-state index in [4.69, 9.17) is 4.74 Å². The van der Waals surface area contributed by atoms with Gasteiger partial charge in [0.05, 0.1) is 0 Å². The molecule has 0 saturated heterocycles. The van der Waals surface area contributed by atoms with Crippen LogP contribution in [0.4, 0.5) is 5.95 Å². The van der Waals surface area contributed by atoms with Gasteiger partial charge in [0.25, 0.3) is 0 Å². The van der Waals surface area contributed by atoms with Gasteiger partial charge < -0.3 is 20.2 Å². The number of carbonyl (C=O) groups excluding carboxylic acids is 1. The van der Waals surface area contributed by atoms with E-state index in [0.717, 1.165) is 0 Å². The van der Waals surface area contributed by atoms with E-state index in [9.17, 15) is 14.9 Å². The fourth-order valence-corrected chi connectivity index (χ4v) is 0.748. The lowest BCUT2D eigenvalue weighted by Gasteiger charge is -2.08. The SMILES string of the molecule is COC(C)NC(=O)c1nc([N+](=O)[O-])n[nH]1. The summed E-state index contributed by atoms with van der Waals surface area (Å²) >= 11 is 0. The highest BCUT2D eigenvalue weighted by Crippen LogP contribution is 2.01. The highest BCUT2D eigenvalue weighted by atomic mass is 16.6. The van der Waals surface area contributed by atoms with Crippen molar-refractivity contribution >= 4 is 11.9 Å². The highest BCUT2D eigenvalue weighted by molar-refractivity contribution is 5.90. The molecule has 2 N–H and O–H groups in total. The Labute approximate surface area is 84.0 Å².